The monoisotopic (exact) mass is 607 g/mol. The van der Waals surface area contributed by atoms with E-state index in [4.69, 9.17) is 0 Å². The van der Waals surface area contributed by atoms with Crippen LogP contribution in [0.5, 0.6) is 0 Å². The number of nitriles is 1. The van der Waals surface area contributed by atoms with Gasteiger partial charge in [-0.3, -0.25) is 9.59 Å². The van der Waals surface area contributed by atoms with Gasteiger partial charge in [-0.1, -0.05) is 30.3 Å². The Kier molecular flexibility index (Phi) is 10.9. The van der Waals surface area contributed by atoms with Crippen LogP contribution in [0, 0.1) is 17.1 Å². The highest BCUT2D eigenvalue weighted by atomic mass is 32.1. The van der Waals surface area contributed by atoms with Gasteiger partial charge in [0.05, 0.1) is 30.0 Å². The predicted molar refractivity (Wildman–Crippen MR) is 158 cm³/mol. The topological polar surface area (TPSA) is 148 Å². The molecule has 42 heavy (non-hydrogen) atoms. The molecular formula is C30H30FN5O4S2. The summed E-state index contributed by atoms with van der Waals surface area (Å²) in [6.07, 6.45) is 2.32. The Hall–Kier alpha value is -4.02. The van der Waals surface area contributed by atoms with E-state index < -0.39 is 36.1 Å². The maximum atomic E-state index is 13.5. The number of nitrogens with one attached hydrogen (secondary N) is 2. The van der Waals surface area contributed by atoms with Crippen LogP contribution in [-0.4, -0.2) is 50.2 Å². The van der Waals surface area contributed by atoms with Crippen molar-refractivity contribution < 1.29 is 24.2 Å². The molecule has 2 aromatic carbocycles. The van der Waals surface area contributed by atoms with Gasteiger partial charge in [0.15, 0.2) is 0 Å². The van der Waals surface area contributed by atoms with Crippen molar-refractivity contribution in [3.8, 4) is 16.6 Å². The number of carbonyl (C=O) groups is 2. The molecule has 2 amide bonds. The molecule has 9 nitrogen and oxygen atoms in total. The lowest BCUT2D eigenvalue weighted by Crippen LogP contribution is -2.51. The number of hydrogen-bond acceptors (Lipinski definition) is 9. The van der Waals surface area contributed by atoms with E-state index in [-0.39, 0.29) is 23.5 Å². The molecule has 4 rings (SSSR count). The zero-order chi connectivity index (χ0) is 30.1. The van der Waals surface area contributed by atoms with Gasteiger partial charge in [0.2, 0.25) is 5.91 Å². The van der Waals surface area contributed by atoms with E-state index >= 15 is 0 Å². The highest BCUT2D eigenvalue weighted by Crippen LogP contribution is 2.28. The van der Waals surface area contributed by atoms with Crippen molar-refractivity contribution in [2.45, 2.75) is 56.9 Å². The first-order valence-corrected chi connectivity index (χ1v) is 15.0. The summed E-state index contributed by atoms with van der Waals surface area (Å²) in [5.74, 6) is -1.41. The Morgan fingerprint density at radius 1 is 1.05 bits per heavy atom. The molecule has 0 saturated carbocycles. The molecule has 0 radical (unpaired) electrons. The van der Waals surface area contributed by atoms with Gasteiger partial charge in [0.1, 0.15) is 32.9 Å². The maximum absolute atomic E-state index is 13.5. The fourth-order valence-corrected chi connectivity index (χ4v) is 5.84. The molecule has 12 heteroatoms. The fraction of sp³-hybridized carbons (Fsp3) is 0.300. The molecule has 4 N–H and O–H groups in total. The number of thiazole rings is 2. The quantitative estimate of drug-likeness (QED) is 0.176. The molecule has 0 fully saturated rings. The summed E-state index contributed by atoms with van der Waals surface area (Å²) in [5.41, 5.74) is 1.87. The van der Waals surface area contributed by atoms with Crippen molar-refractivity contribution in [3.05, 3.63) is 93.1 Å². The Labute approximate surface area is 250 Å². The number of amides is 2. The lowest BCUT2D eigenvalue weighted by Gasteiger charge is -2.26. The second-order valence-corrected chi connectivity index (χ2v) is 11.7. The van der Waals surface area contributed by atoms with Gasteiger partial charge in [-0.15, -0.1) is 22.7 Å². The summed E-state index contributed by atoms with van der Waals surface area (Å²) in [6.45, 7) is 1.59. The lowest BCUT2D eigenvalue weighted by molar-refractivity contribution is -0.125. The molecule has 0 bridgehead atoms. The molecule has 218 valence electrons. The number of aromatic nitrogens is 2. The van der Waals surface area contributed by atoms with Crippen LogP contribution in [0.2, 0.25) is 0 Å². The minimum atomic E-state index is -1.10. The minimum Gasteiger partial charge on any atom is -0.393 e. The van der Waals surface area contributed by atoms with E-state index in [1.165, 1.54) is 29.7 Å². The molecule has 2 heterocycles. The van der Waals surface area contributed by atoms with E-state index in [2.05, 4.69) is 26.7 Å². The van der Waals surface area contributed by atoms with Crippen LogP contribution in [0.1, 0.15) is 58.1 Å². The van der Waals surface area contributed by atoms with Crippen molar-refractivity contribution in [2.75, 3.05) is 0 Å². The summed E-state index contributed by atoms with van der Waals surface area (Å²) in [7, 11) is 0. The van der Waals surface area contributed by atoms with Crippen LogP contribution in [0.25, 0.3) is 10.6 Å². The van der Waals surface area contributed by atoms with Crippen molar-refractivity contribution in [1.29, 1.82) is 5.26 Å². The van der Waals surface area contributed by atoms with Gasteiger partial charge in [0.25, 0.3) is 5.91 Å². The van der Waals surface area contributed by atoms with Crippen LogP contribution in [0.3, 0.4) is 0 Å². The Morgan fingerprint density at radius 2 is 1.81 bits per heavy atom. The van der Waals surface area contributed by atoms with E-state index in [0.29, 0.717) is 34.0 Å². The third-order valence-electron chi connectivity index (χ3n) is 6.57. The van der Waals surface area contributed by atoms with Gasteiger partial charge in [-0.05, 0) is 56.4 Å². The van der Waals surface area contributed by atoms with Crippen molar-refractivity contribution in [1.82, 2.24) is 20.6 Å². The first-order chi connectivity index (χ1) is 20.2. The minimum absolute atomic E-state index is 0.149. The van der Waals surface area contributed by atoms with Gasteiger partial charge in [0, 0.05) is 17.1 Å². The number of aliphatic hydroxyl groups excluding tert-OH is 2. The van der Waals surface area contributed by atoms with E-state index in [0.717, 1.165) is 16.9 Å². The highest BCUT2D eigenvalue weighted by Gasteiger charge is 2.29. The summed E-state index contributed by atoms with van der Waals surface area (Å²) in [4.78, 5) is 35.5. The van der Waals surface area contributed by atoms with E-state index in [1.807, 2.05) is 0 Å². The van der Waals surface area contributed by atoms with Crippen LogP contribution in [0.15, 0.2) is 66.3 Å². The molecule has 2 unspecified atom stereocenters. The third kappa shape index (κ3) is 8.27. The number of nitrogens with zero attached hydrogens (tertiary/aromatic N) is 3. The van der Waals surface area contributed by atoms with Gasteiger partial charge in [-0.2, -0.15) is 5.26 Å². The number of benzene rings is 2. The largest absolute Gasteiger partial charge is 0.393 e. The highest BCUT2D eigenvalue weighted by molar-refractivity contribution is 7.17. The van der Waals surface area contributed by atoms with Crippen molar-refractivity contribution in [3.63, 3.8) is 0 Å². The molecule has 0 saturated heterocycles. The fourth-order valence-electron chi connectivity index (χ4n) is 4.29. The van der Waals surface area contributed by atoms with Crippen LogP contribution in [0.4, 0.5) is 4.39 Å². The Balaban J connectivity index is 1.50. The second-order valence-electron chi connectivity index (χ2n) is 9.73. The average Bonchev–Trinajstić information content (AvgIpc) is 3.71. The van der Waals surface area contributed by atoms with Gasteiger partial charge in [-0.25, -0.2) is 14.4 Å². The third-order valence-corrected chi connectivity index (χ3v) is 8.45. The molecule has 2 aromatic heterocycles. The standard InChI is InChI=1S/C30H30FN5O4S2/c1-18(37)6-12-24(36-28(40)25-17-34-29(42-25)22-5-3-2-4-20(22)16-32)27(39)35-23(26(38)30-33-14-15-41-30)13-9-19-7-10-21(31)11-8-19/h2-5,7-8,10-11,14-15,17-18,23-24,26,37-38H,6,9,12-13H2,1H3,(H,35,39)(H,36,40)/t18?,23-,24-,26?/m0/s1. The number of aryl methyl sites for hydroxylation is 1. The molecule has 0 aliphatic carbocycles. The van der Waals surface area contributed by atoms with E-state index in [9.17, 15) is 29.5 Å². The first kappa shape index (κ1) is 30.9. The van der Waals surface area contributed by atoms with Crippen molar-refractivity contribution in [2.24, 2.45) is 0 Å². The van der Waals surface area contributed by atoms with Crippen LogP contribution >= 0.6 is 22.7 Å². The molecule has 0 aliphatic heterocycles. The van der Waals surface area contributed by atoms with Crippen LogP contribution in [-0.2, 0) is 11.2 Å². The Morgan fingerprint density at radius 3 is 2.50 bits per heavy atom. The van der Waals surface area contributed by atoms with Gasteiger partial charge >= 0.3 is 0 Å². The average molecular weight is 608 g/mol. The zero-order valence-corrected chi connectivity index (χ0v) is 24.4. The van der Waals surface area contributed by atoms with Crippen LogP contribution < -0.4 is 10.6 Å². The smallest absolute Gasteiger partial charge is 0.263 e. The van der Waals surface area contributed by atoms with Crippen molar-refractivity contribution >= 4 is 34.5 Å². The first-order valence-electron chi connectivity index (χ1n) is 13.3. The SMILES string of the molecule is CC(O)CC[C@H](NC(=O)c1cnc(-c2ccccc2C#N)s1)C(=O)N[C@@H](CCc1ccc(F)cc1)C(O)c1nccs1. The molecule has 4 atom stereocenters. The summed E-state index contributed by atoms with van der Waals surface area (Å²) in [5, 5.41) is 38.6. The zero-order valence-electron chi connectivity index (χ0n) is 22.7. The van der Waals surface area contributed by atoms with Gasteiger partial charge < -0.3 is 20.8 Å². The summed E-state index contributed by atoms with van der Waals surface area (Å²) in [6, 6.07) is 13.3. The summed E-state index contributed by atoms with van der Waals surface area (Å²) >= 11 is 2.35. The Bertz CT molecular complexity index is 1520. The maximum Gasteiger partial charge on any atom is 0.263 e. The molecule has 0 aliphatic rings. The number of aliphatic hydroxyl groups is 2. The normalized spacial score (nSPS) is 13.9. The number of carbonyl (C=O) groups excluding carboxylic acids is 2. The van der Waals surface area contributed by atoms with E-state index in [1.54, 1.807) is 54.9 Å². The lowest BCUT2D eigenvalue weighted by atomic mass is 10.00. The second kappa shape index (κ2) is 14.7. The predicted octanol–water partition coefficient (Wildman–Crippen LogP) is 4.39. The number of hydrogen-bond donors (Lipinski definition) is 4. The molecule has 0 spiro atoms. The summed E-state index contributed by atoms with van der Waals surface area (Å²) < 4.78 is 13.4. The molecule has 4 aromatic rings. The number of rotatable bonds is 13. The molecular weight excluding hydrogens is 577 g/mol. The number of halogens is 1.